The Labute approximate surface area is 127 Å². The van der Waals surface area contributed by atoms with Crippen molar-refractivity contribution in [1.29, 1.82) is 0 Å². The molecule has 0 aromatic carbocycles. The minimum Gasteiger partial charge on any atom is -0.361 e. The van der Waals surface area contributed by atoms with Crippen molar-refractivity contribution in [1.82, 2.24) is 14.6 Å². The van der Waals surface area contributed by atoms with Crippen LogP contribution in [0, 0.1) is 13.8 Å². The number of nitrogens with zero attached hydrogens (tertiary/aromatic N) is 3. The van der Waals surface area contributed by atoms with E-state index in [0.29, 0.717) is 28.2 Å². The molecule has 5 nitrogen and oxygen atoms in total. The quantitative estimate of drug-likeness (QED) is 0.874. The van der Waals surface area contributed by atoms with Crippen LogP contribution in [0.1, 0.15) is 27.5 Å². The Morgan fingerprint density at radius 1 is 1.45 bits per heavy atom. The molecular weight excluding hydrogens is 301 g/mol. The van der Waals surface area contributed by atoms with Crippen LogP contribution < -0.4 is 0 Å². The number of aromatic nitrogens is 2. The van der Waals surface area contributed by atoms with Gasteiger partial charge in [0.1, 0.15) is 16.6 Å². The smallest absolute Gasteiger partial charge is 0.270 e. The standard InChI is InChI=1S/C13H15Cl2N3O2/c1-7-9(8(2)20-16-7)6-17(3)13(19)11-5-10(14)12(15)18(11)4/h5H,6H2,1-4H3. The van der Waals surface area contributed by atoms with Crippen LogP contribution >= 0.6 is 23.2 Å². The number of aryl methyl sites for hydroxylation is 2. The zero-order valence-corrected chi connectivity index (χ0v) is 13.2. The van der Waals surface area contributed by atoms with Gasteiger partial charge in [0.15, 0.2) is 0 Å². The molecule has 0 saturated carbocycles. The van der Waals surface area contributed by atoms with E-state index in [9.17, 15) is 4.79 Å². The van der Waals surface area contributed by atoms with Crippen LogP contribution in [0.5, 0.6) is 0 Å². The van der Waals surface area contributed by atoms with Crippen molar-refractivity contribution >= 4 is 29.1 Å². The second-order valence-electron chi connectivity index (χ2n) is 4.69. The summed E-state index contributed by atoms with van der Waals surface area (Å²) in [4.78, 5) is 14.0. The predicted molar refractivity (Wildman–Crippen MR) is 77.2 cm³/mol. The summed E-state index contributed by atoms with van der Waals surface area (Å²) in [6.45, 7) is 4.09. The number of carbonyl (C=O) groups excluding carboxylic acids is 1. The minimum atomic E-state index is -0.165. The van der Waals surface area contributed by atoms with E-state index in [2.05, 4.69) is 5.16 Å². The molecule has 0 unspecified atom stereocenters. The number of hydrogen-bond acceptors (Lipinski definition) is 3. The van der Waals surface area contributed by atoms with Crippen LogP contribution in [0.3, 0.4) is 0 Å². The molecule has 0 bridgehead atoms. The summed E-state index contributed by atoms with van der Waals surface area (Å²) >= 11 is 11.9. The molecule has 108 valence electrons. The van der Waals surface area contributed by atoms with Crippen molar-refractivity contribution < 1.29 is 9.32 Å². The second-order valence-corrected chi connectivity index (χ2v) is 5.46. The van der Waals surface area contributed by atoms with Gasteiger partial charge in [-0.15, -0.1) is 0 Å². The van der Waals surface area contributed by atoms with Gasteiger partial charge in [0, 0.05) is 19.7 Å². The van der Waals surface area contributed by atoms with E-state index < -0.39 is 0 Å². The predicted octanol–water partition coefficient (Wildman–Crippen LogP) is 3.21. The Balaban J connectivity index is 2.23. The highest BCUT2D eigenvalue weighted by Gasteiger charge is 2.21. The normalized spacial score (nSPS) is 10.9. The lowest BCUT2D eigenvalue weighted by atomic mass is 10.2. The molecule has 0 saturated heterocycles. The molecule has 2 heterocycles. The van der Waals surface area contributed by atoms with Gasteiger partial charge in [-0.1, -0.05) is 28.4 Å². The van der Waals surface area contributed by atoms with Gasteiger partial charge in [-0.25, -0.2) is 0 Å². The van der Waals surface area contributed by atoms with Crippen molar-refractivity contribution in [3.05, 3.63) is 39.0 Å². The molecular formula is C13H15Cl2N3O2. The molecule has 2 rings (SSSR count). The van der Waals surface area contributed by atoms with Crippen LogP contribution in [0.2, 0.25) is 10.2 Å². The summed E-state index contributed by atoms with van der Waals surface area (Å²) in [5, 5.41) is 4.59. The molecule has 7 heteroatoms. The monoisotopic (exact) mass is 315 g/mol. The Kier molecular flexibility index (Phi) is 4.11. The van der Waals surface area contributed by atoms with Crippen molar-refractivity contribution in [3.63, 3.8) is 0 Å². The fourth-order valence-electron chi connectivity index (χ4n) is 1.98. The largest absolute Gasteiger partial charge is 0.361 e. The van der Waals surface area contributed by atoms with Crippen LogP contribution in [0.4, 0.5) is 0 Å². The van der Waals surface area contributed by atoms with Crippen molar-refractivity contribution in [2.75, 3.05) is 7.05 Å². The molecule has 0 spiro atoms. The maximum absolute atomic E-state index is 12.4. The van der Waals surface area contributed by atoms with E-state index in [1.807, 2.05) is 13.8 Å². The molecule has 0 aliphatic heterocycles. The molecule has 2 aromatic rings. The van der Waals surface area contributed by atoms with E-state index in [-0.39, 0.29) is 5.91 Å². The molecule has 0 N–H and O–H groups in total. The fourth-order valence-corrected chi connectivity index (χ4v) is 2.36. The number of rotatable bonds is 3. The van der Waals surface area contributed by atoms with Gasteiger partial charge in [0.2, 0.25) is 0 Å². The summed E-state index contributed by atoms with van der Waals surface area (Å²) in [6, 6.07) is 1.57. The SMILES string of the molecule is Cc1noc(C)c1CN(C)C(=O)c1cc(Cl)c(Cl)n1C. The number of carbonyl (C=O) groups is 1. The summed E-state index contributed by atoms with van der Waals surface area (Å²) in [6.07, 6.45) is 0. The third-order valence-electron chi connectivity index (χ3n) is 3.26. The van der Waals surface area contributed by atoms with Crippen LogP contribution in [-0.4, -0.2) is 27.6 Å². The number of hydrogen-bond donors (Lipinski definition) is 0. The lowest BCUT2D eigenvalue weighted by Crippen LogP contribution is -2.28. The average Bonchev–Trinajstić information content (AvgIpc) is 2.85. The summed E-state index contributed by atoms with van der Waals surface area (Å²) in [5.41, 5.74) is 2.13. The van der Waals surface area contributed by atoms with Gasteiger partial charge < -0.3 is 14.0 Å². The van der Waals surface area contributed by atoms with E-state index >= 15 is 0 Å². The Bertz CT molecular complexity index is 641. The molecule has 0 aliphatic rings. The van der Waals surface area contributed by atoms with E-state index in [1.165, 1.54) is 0 Å². The molecule has 2 aromatic heterocycles. The van der Waals surface area contributed by atoms with E-state index in [0.717, 1.165) is 11.3 Å². The van der Waals surface area contributed by atoms with Gasteiger partial charge in [-0.05, 0) is 19.9 Å². The zero-order chi connectivity index (χ0) is 15.0. The molecule has 20 heavy (non-hydrogen) atoms. The fraction of sp³-hybridized carbons (Fsp3) is 0.385. The van der Waals surface area contributed by atoms with E-state index in [1.54, 1.807) is 29.6 Å². The third-order valence-corrected chi connectivity index (χ3v) is 4.10. The number of amides is 1. The van der Waals surface area contributed by atoms with Gasteiger partial charge in [0.25, 0.3) is 5.91 Å². The molecule has 0 aliphatic carbocycles. The van der Waals surface area contributed by atoms with Gasteiger partial charge in [-0.2, -0.15) is 0 Å². The molecule has 0 radical (unpaired) electrons. The lowest BCUT2D eigenvalue weighted by Gasteiger charge is -2.17. The van der Waals surface area contributed by atoms with Gasteiger partial charge >= 0.3 is 0 Å². The first-order valence-electron chi connectivity index (χ1n) is 6.00. The van der Waals surface area contributed by atoms with Crippen LogP contribution in [0.25, 0.3) is 0 Å². The highest BCUT2D eigenvalue weighted by atomic mass is 35.5. The minimum absolute atomic E-state index is 0.165. The van der Waals surface area contributed by atoms with Gasteiger partial charge in [-0.3, -0.25) is 4.79 Å². The van der Waals surface area contributed by atoms with Crippen molar-refractivity contribution in [2.24, 2.45) is 7.05 Å². The summed E-state index contributed by atoms with van der Waals surface area (Å²) < 4.78 is 6.66. The first-order valence-corrected chi connectivity index (χ1v) is 6.76. The third kappa shape index (κ3) is 2.55. The topological polar surface area (TPSA) is 51.3 Å². The average molecular weight is 316 g/mol. The second kappa shape index (κ2) is 5.50. The van der Waals surface area contributed by atoms with E-state index in [4.69, 9.17) is 27.7 Å². The first-order chi connectivity index (χ1) is 9.32. The molecule has 0 fully saturated rings. The molecule has 1 amide bonds. The van der Waals surface area contributed by atoms with Crippen molar-refractivity contribution in [3.8, 4) is 0 Å². The van der Waals surface area contributed by atoms with Crippen LogP contribution in [0.15, 0.2) is 10.6 Å². The van der Waals surface area contributed by atoms with Crippen LogP contribution in [-0.2, 0) is 13.6 Å². The lowest BCUT2D eigenvalue weighted by molar-refractivity contribution is 0.0775. The highest BCUT2D eigenvalue weighted by molar-refractivity contribution is 6.41. The maximum atomic E-state index is 12.4. The Morgan fingerprint density at radius 3 is 2.55 bits per heavy atom. The Morgan fingerprint density at radius 2 is 2.10 bits per heavy atom. The first kappa shape index (κ1) is 14.9. The summed E-state index contributed by atoms with van der Waals surface area (Å²) in [7, 11) is 3.41. The van der Waals surface area contributed by atoms with Crippen molar-refractivity contribution in [2.45, 2.75) is 20.4 Å². The molecule has 0 atom stereocenters. The number of halogens is 2. The maximum Gasteiger partial charge on any atom is 0.270 e. The Hall–Kier alpha value is -1.46. The summed E-state index contributed by atoms with van der Waals surface area (Å²) in [5.74, 6) is 0.548. The van der Waals surface area contributed by atoms with Gasteiger partial charge in [0.05, 0.1) is 17.3 Å². The highest BCUT2D eigenvalue weighted by Crippen LogP contribution is 2.26. The zero-order valence-electron chi connectivity index (χ0n) is 11.7.